The molecule has 3 nitrogen and oxygen atoms in total. The van der Waals surface area contributed by atoms with Gasteiger partial charge in [0.15, 0.2) is 0 Å². The summed E-state index contributed by atoms with van der Waals surface area (Å²) < 4.78 is 15.3. The predicted octanol–water partition coefficient (Wildman–Crippen LogP) is 1.89. The van der Waals surface area contributed by atoms with Crippen LogP contribution in [0.5, 0.6) is 0 Å². The normalized spacial score (nSPS) is 21.6. The van der Waals surface area contributed by atoms with E-state index >= 15 is 0 Å². The van der Waals surface area contributed by atoms with Crippen molar-refractivity contribution in [3.63, 3.8) is 0 Å². The van der Waals surface area contributed by atoms with E-state index in [1.807, 2.05) is 17.7 Å². The largest absolute Gasteiger partial charge is 0.350 e. The number of hydrogen-bond donors (Lipinski definition) is 1. The molecule has 1 aromatic heterocycles. The Morgan fingerprint density at radius 2 is 2.17 bits per heavy atom. The van der Waals surface area contributed by atoms with Crippen LogP contribution < -0.4 is 5.32 Å². The highest BCUT2D eigenvalue weighted by atomic mass is 19.1. The molecular formula is C14H18FN3. The lowest BCUT2D eigenvalue weighted by atomic mass is 10.0. The molecule has 1 aliphatic heterocycles. The van der Waals surface area contributed by atoms with Crippen LogP contribution in [-0.2, 0) is 7.05 Å². The average molecular weight is 247 g/mol. The van der Waals surface area contributed by atoms with Gasteiger partial charge in [0.25, 0.3) is 0 Å². The first-order valence-corrected chi connectivity index (χ1v) is 6.32. The fourth-order valence-electron chi connectivity index (χ4n) is 2.81. The highest BCUT2D eigenvalue weighted by Crippen LogP contribution is 2.30. The number of benzene rings is 1. The average Bonchev–Trinajstić information content (AvgIpc) is 2.67. The lowest BCUT2D eigenvalue weighted by Gasteiger charge is -2.33. The number of nitrogens with one attached hydrogen (secondary N) is 1. The maximum absolute atomic E-state index is 13.3. The molecule has 96 valence electrons. The minimum Gasteiger partial charge on any atom is -0.350 e. The van der Waals surface area contributed by atoms with Crippen LogP contribution in [0.1, 0.15) is 11.6 Å². The Kier molecular flexibility index (Phi) is 2.84. The number of aromatic nitrogens is 1. The molecule has 3 rings (SSSR count). The summed E-state index contributed by atoms with van der Waals surface area (Å²) in [6, 6.07) is 5.41. The first-order valence-electron chi connectivity index (χ1n) is 6.32. The Bertz CT molecular complexity index is 576. The van der Waals surface area contributed by atoms with Crippen molar-refractivity contribution in [2.75, 3.05) is 26.7 Å². The molecular weight excluding hydrogens is 229 g/mol. The van der Waals surface area contributed by atoms with E-state index in [-0.39, 0.29) is 5.82 Å². The van der Waals surface area contributed by atoms with E-state index in [1.54, 1.807) is 12.1 Å². The van der Waals surface area contributed by atoms with Crippen molar-refractivity contribution >= 4 is 10.9 Å². The van der Waals surface area contributed by atoms with E-state index in [0.29, 0.717) is 6.04 Å². The van der Waals surface area contributed by atoms with Crippen LogP contribution in [0, 0.1) is 5.82 Å². The number of hydrogen-bond acceptors (Lipinski definition) is 2. The fraction of sp³-hybridized carbons (Fsp3) is 0.429. The minimum atomic E-state index is -0.176. The van der Waals surface area contributed by atoms with Crippen molar-refractivity contribution in [3.05, 3.63) is 35.8 Å². The molecule has 0 aliphatic carbocycles. The van der Waals surface area contributed by atoms with E-state index in [2.05, 4.69) is 23.5 Å². The molecule has 0 spiro atoms. The zero-order chi connectivity index (χ0) is 12.7. The number of piperazine rings is 1. The Labute approximate surface area is 106 Å². The van der Waals surface area contributed by atoms with Crippen molar-refractivity contribution in [1.29, 1.82) is 0 Å². The number of aryl methyl sites for hydroxylation is 1. The lowest BCUT2D eigenvalue weighted by molar-refractivity contribution is 0.203. The zero-order valence-electron chi connectivity index (χ0n) is 10.8. The van der Waals surface area contributed by atoms with Gasteiger partial charge in [-0.2, -0.15) is 0 Å². The van der Waals surface area contributed by atoms with Gasteiger partial charge in [-0.1, -0.05) is 0 Å². The minimum absolute atomic E-state index is 0.176. The molecule has 2 aromatic rings. The molecule has 1 atom stereocenters. The standard InChI is InChI=1S/C14H18FN3/c1-17-6-5-16-8-14(17)12-9-18(2)13-7-10(15)3-4-11(12)13/h3-4,7,9,14,16H,5-6,8H2,1-2H3. The summed E-state index contributed by atoms with van der Waals surface area (Å²) >= 11 is 0. The molecule has 1 N–H and O–H groups in total. The maximum atomic E-state index is 13.3. The molecule has 0 bridgehead atoms. The van der Waals surface area contributed by atoms with Gasteiger partial charge in [-0.3, -0.25) is 4.90 Å². The molecule has 1 fully saturated rings. The summed E-state index contributed by atoms with van der Waals surface area (Å²) in [6.07, 6.45) is 2.12. The second-order valence-corrected chi connectivity index (χ2v) is 5.06. The van der Waals surface area contributed by atoms with Crippen molar-refractivity contribution in [2.45, 2.75) is 6.04 Å². The van der Waals surface area contributed by atoms with E-state index in [4.69, 9.17) is 0 Å². The third kappa shape index (κ3) is 1.82. The van der Waals surface area contributed by atoms with Gasteiger partial charge < -0.3 is 9.88 Å². The molecule has 2 heterocycles. The van der Waals surface area contributed by atoms with Crippen LogP contribution in [0.4, 0.5) is 4.39 Å². The zero-order valence-corrected chi connectivity index (χ0v) is 10.8. The monoisotopic (exact) mass is 247 g/mol. The third-order valence-electron chi connectivity index (χ3n) is 3.85. The highest BCUT2D eigenvalue weighted by Gasteiger charge is 2.23. The molecule has 1 aliphatic rings. The number of likely N-dealkylation sites (N-methyl/N-ethyl adjacent to an activating group) is 1. The van der Waals surface area contributed by atoms with Crippen LogP contribution in [0.2, 0.25) is 0 Å². The van der Waals surface area contributed by atoms with Gasteiger partial charge in [0, 0.05) is 44.3 Å². The van der Waals surface area contributed by atoms with Gasteiger partial charge in [-0.05, 0) is 30.8 Å². The van der Waals surface area contributed by atoms with Gasteiger partial charge in [0.05, 0.1) is 5.52 Å². The van der Waals surface area contributed by atoms with E-state index in [9.17, 15) is 4.39 Å². The van der Waals surface area contributed by atoms with Crippen LogP contribution >= 0.6 is 0 Å². The second kappa shape index (κ2) is 4.37. The summed E-state index contributed by atoms with van der Waals surface area (Å²) in [5.74, 6) is -0.176. The van der Waals surface area contributed by atoms with Crippen LogP contribution in [-0.4, -0.2) is 36.1 Å². The topological polar surface area (TPSA) is 20.2 Å². The summed E-state index contributed by atoms with van der Waals surface area (Å²) in [6.45, 7) is 3.03. The van der Waals surface area contributed by atoms with Crippen LogP contribution in [0.3, 0.4) is 0 Å². The summed E-state index contributed by atoms with van der Waals surface area (Å²) in [7, 11) is 4.12. The van der Waals surface area contributed by atoms with Crippen LogP contribution in [0.25, 0.3) is 10.9 Å². The Morgan fingerprint density at radius 1 is 1.33 bits per heavy atom. The fourth-order valence-corrected chi connectivity index (χ4v) is 2.81. The molecule has 1 saturated heterocycles. The van der Waals surface area contributed by atoms with E-state index in [1.165, 1.54) is 5.56 Å². The number of nitrogens with zero attached hydrogens (tertiary/aromatic N) is 2. The predicted molar refractivity (Wildman–Crippen MR) is 71.1 cm³/mol. The first kappa shape index (κ1) is 11.7. The van der Waals surface area contributed by atoms with Crippen molar-refractivity contribution in [3.8, 4) is 0 Å². The summed E-state index contributed by atoms with van der Waals surface area (Å²) in [4.78, 5) is 2.36. The third-order valence-corrected chi connectivity index (χ3v) is 3.85. The number of halogens is 1. The van der Waals surface area contributed by atoms with Crippen molar-refractivity contribution in [2.24, 2.45) is 7.05 Å². The van der Waals surface area contributed by atoms with Gasteiger partial charge in [-0.15, -0.1) is 0 Å². The summed E-state index contributed by atoms with van der Waals surface area (Å²) in [5, 5.41) is 4.58. The molecule has 0 amide bonds. The molecule has 1 unspecified atom stereocenters. The molecule has 1 aromatic carbocycles. The lowest BCUT2D eigenvalue weighted by Crippen LogP contribution is -2.43. The smallest absolute Gasteiger partial charge is 0.125 e. The molecule has 0 saturated carbocycles. The van der Waals surface area contributed by atoms with Crippen LogP contribution in [0.15, 0.2) is 24.4 Å². The maximum Gasteiger partial charge on any atom is 0.125 e. The van der Waals surface area contributed by atoms with Crippen molar-refractivity contribution in [1.82, 2.24) is 14.8 Å². The second-order valence-electron chi connectivity index (χ2n) is 5.06. The highest BCUT2D eigenvalue weighted by molar-refractivity contribution is 5.84. The van der Waals surface area contributed by atoms with E-state index in [0.717, 1.165) is 30.5 Å². The van der Waals surface area contributed by atoms with Gasteiger partial charge >= 0.3 is 0 Å². The SMILES string of the molecule is CN1CCNCC1c1cn(C)c2cc(F)ccc12. The number of fused-ring (bicyclic) bond motifs is 1. The van der Waals surface area contributed by atoms with Gasteiger partial charge in [0.1, 0.15) is 5.82 Å². The Balaban J connectivity index is 2.11. The Hall–Kier alpha value is -1.39. The van der Waals surface area contributed by atoms with E-state index < -0.39 is 0 Å². The first-order chi connectivity index (χ1) is 8.66. The van der Waals surface area contributed by atoms with Gasteiger partial charge in [-0.25, -0.2) is 4.39 Å². The van der Waals surface area contributed by atoms with Gasteiger partial charge in [0.2, 0.25) is 0 Å². The van der Waals surface area contributed by atoms with Crippen molar-refractivity contribution < 1.29 is 4.39 Å². The number of rotatable bonds is 1. The molecule has 18 heavy (non-hydrogen) atoms. The quantitative estimate of drug-likeness (QED) is 0.830. The Morgan fingerprint density at radius 3 is 2.94 bits per heavy atom. The molecule has 4 heteroatoms. The molecule has 0 radical (unpaired) electrons. The summed E-state index contributed by atoms with van der Waals surface area (Å²) in [5.41, 5.74) is 2.24.